The van der Waals surface area contributed by atoms with Gasteiger partial charge in [-0.05, 0) is 67.6 Å². The topological polar surface area (TPSA) is 94.3 Å². The molecule has 0 aliphatic heterocycles. The van der Waals surface area contributed by atoms with Crippen LogP contribution < -0.4 is 4.74 Å². The smallest absolute Gasteiger partial charge is 0.309 e. The molecule has 47 heavy (non-hydrogen) atoms. The Morgan fingerprint density at radius 2 is 1.66 bits per heavy atom. The average molecular weight is 640 g/mol. The first-order chi connectivity index (χ1) is 22.1. The van der Waals surface area contributed by atoms with Gasteiger partial charge < -0.3 is 9.84 Å². The highest BCUT2D eigenvalue weighted by atomic mass is 19.1. The highest BCUT2D eigenvalue weighted by Crippen LogP contribution is 2.42. The average Bonchev–Trinajstić information content (AvgIpc) is 3.32. The largest absolute Gasteiger partial charge is 0.487 e. The van der Waals surface area contributed by atoms with Crippen molar-refractivity contribution in [1.29, 1.82) is 0 Å². The van der Waals surface area contributed by atoms with Crippen molar-refractivity contribution >= 4 is 22.8 Å². The SMILES string of the molecule is Cc1ccc(COc2ccc3c(C(F)c4ccc(-c5ccc(F)cn5)cc4)c(CC(C)(C)C(=O)O)n(C(=O)CC(C)(C)C)c3c2)nc1. The number of carbonyl (C=O) groups excluding carboxylic acids is 1. The van der Waals surface area contributed by atoms with Crippen LogP contribution in [0.25, 0.3) is 22.2 Å². The zero-order chi connectivity index (χ0) is 34.1. The van der Waals surface area contributed by atoms with E-state index in [0.29, 0.717) is 39.2 Å². The summed E-state index contributed by atoms with van der Waals surface area (Å²) in [6, 6.07) is 18.5. The lowest BCUT2D eigenvalue weighted by atomic mass is 9.85. The number of aryl methyl sites for hydroxylation is 1. The van der Waals surface area contributed by atoms with Crippen LogP contribution in [-0.4, -0.2) is 31.5 Å². The van der Waals surface area contributed by atoms with Crippen LogP contribution in [0.1, 0.15) is 80.1 Å². The first-order valence-electron chi connectivity index (χ1n) is 15.5. The standard InChI is InChI=1S/C38H39F2N3O4/c1-23-7-13-27(41-20-23)22-47-28-14-15-29-31(17-28)43(33(44)19-37(2,3)4)32(18-38(5,6)36(45)46)34(29)35(40)25-10-8-24(9-11-25)30-16-12-26(39)21-42-30/h7-17,20-21,35H,18-19,22H2,1-6H3,(H,45,46). The van der Waals surface area contributed by atoms with E-state index in [2.05, 4.69) is 9.97 Å². The van der Waals surface area contributed by atoms with Crippen LogP contribution in [0.5, 0.6) is 5.75 Å². The Labute approximate surface area is 273 Å². The molecule has 0 radical (unpaired) electrons. The first-order valence-corrected chi connectivity index (χ1v) is 15.5. The van der Waals surface area contributed by atoms with E-state index in [1.165, 1.54) is 10.6 Å². The minimum Gasteiger partial charge on any atom is -0.487 e. The van der Waals surface area contributed by atoms with E-state index in [9.17, 15) is 19.1 Å². The van der Waals surface area contributed by atoms with Crippen LogP contribution in [0.3, 0.4) is 0 Å². The Balaban J connectivity index is 1.65. The number of carboxylic acid groups (broad SMARTS) is 1. The zero-order valence-electron chi connectivity index (χ0n) is 27.5. The van der Waals surface area contributed by atoms with E-state index >= 15 is 4.39 Å². The maximum Gasteiger partial charge on any atom is 0.309 e. The lowest BCUT2D eigenvalue weighted by molar-refractivity contribution is -0.146. The predicted molar refractivity (Wildman–Crippen MR) is 178 cm³/mol. The van der Waals surface area contributed by atoms with Gasteiger partial charge >= 0.3 is 5.97 Å². The van der Waals surface area contributed by atoms with Crippen LogP contribution >= 0.6 is 0 Å². The van der Waals surface area contributed by atoms with Crippen molar-refractivity contribution in [1.82, 2.24) is 14.5 Å². The molecule has 0 amide bonds. The number of aromatic nitrogens is 3. The molecule has 1 unspecified atom stereocenters. The molecule has 3 aromatic heterocycles. The van der Waals surface area contributed by atoms with Crippen LogP contribution in [-0.2, 0) is 17.8 Å². The highest BCUT2D eigenvalue weighted by Gasteiger charge is 2.36. The second kappa shape index (κ2) is 13.1. The van der Waals surface area contributed by atoms with Crippen molar-refractivity contribution < 1.29 is 28.2 Å². The molecule has 5 aromatic rings. The summed E-state index contributed by atoms with van der Waals surface area (Å²) in [5, 5.41) is 10.6. The normalized spacial score (nSPS) is 12.7. The molecule has 0 fully saturated rings. The Hall–Kier alpha value is -4.92. The number of benzene rings is 2. The third-order valence-corrected chi connectivity index (χ3v) is 8.04. The van der Waals surface area contributed by atoms with E-state index in [1.54, 1.807) is 68.6 Å². The van der Waals surface area contributed by atoms with Crippen molar-refractivity contribution in [3.05, 3.63) is 113 Å². The molecule has 0 spiro atoms. The molecule has 0 aliphatic carbocycles. The minimum atomic E-state index is -1.69. The van der Waals surface area contributed by atoms with Gasteiger partial charge in [0.25, 0.3) is 0 Å². The molecule has 0 saturated carbocycles. The summed E-state index contributed by atoms with van der Waals surface area (Å²) in [7, 11) is 0. The van der Waals surface area contributed by atoms with E-state index in [0.717, 1.165) is 17.5 Å². The van der Waals surface area contributed by atoms with Gasteiger partial charge in [0, 0.05) is 47.3 Å². The third kappa shape index (κ3) is 7.56. The number of carboxylic acids is 1. The molecule has 244 valence electrons. The van der Waals surface area contributed by atoms with Crippen molar-refractivity contribution in [2.75, 3.05) is 0 Å². The van der Waals surface area contributed by atoms with Crippen molar-refractivity contribution in [3.63, 3.8) is 0 Å². The van der Waals surface area contributed by atoms with Crippen LogP contribution in [0.4, 0.5) is 8.78 Å². The molecule has 7 nitrogen and oxygen atoms in total. The number of fused-ring (bicyclic) bond motifs is 1. The monoisotopic (exact) mass is 639 g/mol. The molecule has 3 heterocycles. The number of rotatable bonds is 10. The lowest BCUT2D eigenvalue weighted by Gasteiger charge is -2.24. The number of carbonyl (C=O) groups is 2. The molecule has 1 atom stereocenters. The summed E-state index contributed by atoms with van der Waals surface area (Å²) < 4.78 is 37.9. The third-order valence-electron chi connectivity index (χ3n) is 8.04. The summed E-state index contributed by atoms with van der Waals surface area (Å²) >= 11 is 0. The number of aliphatic carboxylic acids is 1. The molecule has 0 saturated heterocycles. The molecule has 1 N–H and O–H groups in total. The number of halogens is 2. The highest BCUT2D eigenvalue weighted by molar-refractivity contribution is 5.97. The number of alkyl halides is 1. The van der Waals surface area contributed by atoms with Crippen molar-refractivity contribution in [3.8, 4) is 17.0 Å². The van der Waals surface area contributed by atoms with Crippen LogP contribution in [0.15, 0.2) is 79.1 Å². The summed E-state index contributed by atoms with van der Waals surface area (Å²) in [6.07, 6.45) is 1.23. The molecule has 9 heteroatoms. The van der Waals surface area contributed by atoms with Crippen molar-refractivity contribution in [2.24, 2.45) is 10.8 Å². The summed E-state index contributed by atoms with van der Waals surface area (Å²) in [6.45, 7) is 11.1. The Morgan fingerprint density at radius 1 is 0.936 bits per heavy atom. The Morgan fingerprint density at radius 3 is 2.26 bits per heavy atom. The number of hydrogen-bond donors (Lipinski definition) is 1. The van der Waals surface area contributed by atoms with Gasteiger partial charge in [-0.3, -0.25) is 24.1 Å². The molecule has 2 aromatic carbocycles. The second-order valence-electron chi connectivity index (χ2n) is 13.8. The molecule has 0 aliphatic rings. The number of pyridine rings is 2. The van der Waals surface area contributed by atoms with E-state index in [4.69, 9.17) is 4.74 Å². The van der Waals surface area contributed by atoms with Gasteiger partial charge in [-0.2, -0.15) is 0 Å². The van der Waals surface area contributed by atoms with Crippen LogP contribution in [0, 0.1) is 23.6 Å². The summed E-state index contributed by atoms with van der Waals surface area (Å²) in [5.41, 5.74) is 2.56. The first kappa shape index (κ1) is 33.4. The number of ether oxygens (including phenoxy) is 1. The van der Waals surface area contributed by atoms with Gasteiger partial charge in [-0.25, -0.2) is 8.78 Å². The summed E-state index contributed by atoms with van der Waals surface area (Å²) in [4.78, 5) is 34.9. The Kier molecular flexibility index (Phi) is 9.29. The fourth-order valence-corrected chi connectivity index (χ4v) is 5.48. The Bertz CT molecular complexity index is 1910. The predicted octanol–water partition coefficient (Wildman–Crippen LogP) is 8.91. The van der Waals surface area contributed by atoms with E-state index < -0.39 is 28.8 Å². The fourth-order valence-electron chi connectivity index (χ4n) is 5.48. The minimum absolute atomic E-state index is 0.0935. The molecule has 5 rings (SSSR count). The molecule has 0 bridgehead atoms. The maximum atomic E-state index is 17.0. The van der Waals surface area contributed by atoms with Gasteiger partial charge in [-0.1, -0.05) is 51.1 Å². The number of hydrogen-bond acceptors (Lipinski definition) is 5. The molecular weight excluding hydrogens is 600 g/mol. The van der Waals surface area contributed by atoms with Gasteiger partial charge in [0.1, 0.15) is 18.2 Å². The van der Waals surface area contributed by atoms with Crippen LogP contribution in [0.2, 0.25) is 0 Å². The van der Waals surface area contributed by atoms with E-state index in [-0.39, 0.29) is 30.9 Å². The number of nitrogens with zero attached hydrogens (tertiary/aromatic N) is 3. The quantitative estimate of drug-likeness (QED) is 0.164. The molecular formula is C38H39F2N3O4. The maximum absolute atomic E-state index is 17.0. The lowest BCUT2D eigenvalue weighted by Crippen LogP contribution is -2.30. The van der Waals surface area contributed by atoms with E-state index in [1.807, 2.05) is 39.8 Å². The van der Waals surface area contributed by atoms with Gasteiger partial charge in [0.05, 0.1) is 28.5 Å². The zero-order valence-corrected chi connectivity index (χ0v) is 27.5. The van der Waals surface area contributed by atoms with Gasteiger partial charge in [0.2, 0.25) is 5.91 Å². The van der Waals surface area contributed by atoms with Gasteiger partial charge in [-0.15, -0.1) is 0 Å². The van der Waals surface area contributed by atoms with Gasteiger partial charge in [0.15, 0.2) is 6.17 Å². The van der Waals surface area contributed by atoms with Crippen molar-refractivity contribution in [2.45, 2.75) is 67.2 Å². The fraction of sp³-hybridized carbons (Fsp3) is 0.316. The second-order valence-corrected chi connectivity index (χ2v) is 13.8. The summed E-state index contributed by atoms with van der Waals surface area (Å²) in [5.74, 6) is -1.33.